The van der Waals surface area contributed by atoms with E-state index in [1.165, 1.54) is 23.1 Å². The summed E-state index contributed by atoms with van der Waals surface area (Å²) in [7, 11) is 4.10. The number of aryl methyl sites for hydroxylation is 2. The van der Waals surface area contributed by atoms with Crippen molar-refractivity contribution < 1.29 is 9.53 Å². The number of carbonyl (C=O) groups is 1. The molecule has 1 aliphatic rings. The number of carbonyl (C=O) groups excluding carboxylic acids is 1. The lowest BCUT2D eigenvalue weighted by molar-refractivity contribution is -0.123. The van der Waals surface area contributed by atoms with Gasteiger partial charge in [0.2, 0.25) is 0 Å². The molecule has 0 atom stereocenters. The summed E-state index contributed by atoms with van der Waals surface area (Å²) >= 11 is 0. The third-order valence-electron chi connectivity index (χ3n) is 4.45. The minimum absolute atomic E-state index is 0.0531. The first-order valence-corrected chi connectivity index (χ1v) is 8.84. The Bertz CT molecular complexity index is 723. The van der Waals surface area contributed by atoms with E-state index in [1.807, 2.05) is 6.07 Å². The van der Waals surface area contributed by atoms with E-state index < -0.39 is 0 Å². The summed E-state index contributed by atoms with van der Waals surface area (Å²) in [6.45, 7) is 1.49. The molecule has 1 aliphatic carbocycles. The molecular formula is C21H26N2O2. The number of nitrogens with one attached hydrogen (secondary N) is 1. The zero-order valence-electron chi connectivity index (χ0n) is 15.0. The second-order valence-corrected chi connectivity index (χ2v) is 6.90. The SMILES string of the molecule is CN(C)Cc1ccc(CNC(=O)COc2ccc3c(c2)CCC3)cc1. The van der Waals surface area contributed by atoms with Crippen LogP contribution in [0.2, 0.25) is 0 Å². The average molecular weight is 338 g/mol. The summed E-state index contributed by atoms with van der Waals surface area (Å²) < 4.78 is 5.63. The molecule has 1 N–H and O–H groups in total. The van der Waals surface area contributed by atoms with Gasteiger partial charge in [-0.05, 0) is 67.7 Å². The Morgan fingerprint density at radius 2 is 1.76 bits per heavy atom. The third kappa shape index (κ3) is 5.07. The minimum Gasteiger partial charge on any atom is -0.484 e. The highest BCUT2D eigenvalue weighted by Gasteiger charge is 2.11. The normalized spacial score (nSPS) is 12.9. The lowest BCUT2D eigenvalue weighted by Crippen LogP contribution is -2.28. The predicted molar refractivity (Wildman–Crippen MR) is 99.6 cm³/mol. The Morgan fingerprint density at radius 3 is 2.52 bits per heavy atom. The summed E-state index contributed by atoms with van der Waals surface area (Å²) in [6.07, 6.45) is 3.48. The van der Waals surface area contributed by atoms with Gasteiger partial charge in [0.15, 0.2) is 6.61 Å². The Hall–Kier alpha value is -2.33. The lowest BCUT2D eigenvalue weighted by atomic mass is 10.1. The van der Waals surface area contributed by atoms with Crippen molar-refractivity contribution in [3.63, 3.8) is 0 Å². The van der Waals surface area contributed by atoms with Crippen LogP contribution in [0.4, 0.5) is 0 Å². The van der Waals surface area contributed by atoms with E-state index in [9.17, 15) is 4.79 Å². The van der Waals surface area contributed by atoms with Crippen molar-refractivity contribution in [1.29, 1.82) is 0 Å². The van der Waals surface area contributed by atoms with E-state index in [1.54, 1.807) is 0 Å². The molecule has 3 rings (SSSR count). The van der Waals surface area contributed by atoms with Crippen LogP contribution in [0.25, 0.3) is 0 Å². The average Bonchev–Trinajstić information content (AvgIpc) is 3.06. The van der Waals surface area contributed by atoms with Gasteiger partial charge < -0.3 is 15.0 Å². The second kappa shape index (κ2) is 8.17. The maximum atomic E-state index is 12.0. The number of amides is 1. The molecule has 0 radical (unpaired) electrons. The topological polar surface area (TPSA) is 41.6 Å². The molecule has 0 fully saturated rings. The van der Waals surface area contributed by atoms with Crippen LogP contribution in [-0.4, -0.2) is 31.5 Å². The molecule has 25 heavy (non-hydrogen) atoms. The van der Waals surface area contributed by atoms with Gasteiger partial charge in [-0.3, -0.25) is 4.79 Å². The van der Waals surface area contributed by atoms with Gasteiger partial charge >= 0.3 is 0 Å². The van der Waals surface area contributed by atoms with Crippen molar-refractivity contribution in [1.82, 2.24) is 10.2 Å². The van der Waals surface area contributed by atoms with Crippen molar-refractivity contribution in [2.75, 3.05) is 20.7 Å². The third-order valence-corrected chi connectivity index (χ3v) is 4.45. The van der Waals surface area contributed by atoms with Crippen LogP contribution < -0.4 is 10.1 Å². The van der Waals surface area contributed by atoms with Crippen LogP contribution in [0, 0.1) is 0 Å². The molecule has 4 nitrogen and oxygen atoms in total. The predicted octanol–water partition coefficient (Wildman–Crippen LogP) is 2.93. The van der Waals surface area contributed by atoms with Crippen LogP contribution in [0.15, 0.2) is 42.5 Å². The Morgan fingerprint density at radius 1 is 1.04 bits per heavy atom. The van der Waals surface area contributed by atoms with E-state index in [2.05, 4.69) is 60.7 Å². The van der Waals surface area contributed by atoms with Gasteiger partial charge in [-0.1, -0.05) is 30.3 Å². The molecule has 0 spiro atoms. The molecule has 2 aromatic rings. The van der Waals surface area contributed by atoms with Crippen molar-refractivity contribution in [3.05, 3.63) is 64.7 Å². The number of fused-ring (bicyclic) bond motifs is 1. The van der Waals surface area contributed by atoms with Gasteiger partial charge in [-0.2, -0.15) is 0 Å². The van der Waals surface area contributed by atoms with E-state index in [0.717, 1.165) is 30.7 Å². The first-order chi connectivity index (χ1) is 12.1. The number of rotatable bonds is 7. The largest absolute Gasteiger partial charge is 0.484 e. The van der Waals surface area contributed by atoms with E-state index in [-0.39, 0.29) is 12.5 Å². The fourth-order valence-electron chi connectivity index (χ4n) is 3.17. The van der Waals surface area contributed by atoms with Crippen LogP contribution in [0.3, 0.4) is 0 Å². The lowest BCUT2D eigenvalue weighted by Gasteiger charge is -2.11. The van der Waals surface area contributed by atoms with Gasteiger partial charge in [-0.15, -0.1) is 0 Å². The van der Waals surface area contributed by atoms with Crippen LogP contribution in [0.5, 0.6) is 5.75 Å². The fourth-order valence-corrected chi connectivity index (χ4v) is 3.17. The Balaban J connectivity index is 1.43. The summed E-state index contributed by atoms with van der Waals surface area (Å²) in [5.74, 6) is 0.682. The molecule has 2 aromatic carbocycles. The van der Waals surface area contributed by atoms with Gasteiger partial charge in [0.1, 0.15) is 5.75 Å². The number of nitrogens with zero attached hydrogens (tertiary/aromatic N) is 1. The molecule has 0 unspecified atom stereocenters. The van der Waals surface area contributed by atoms with E-state index in [4.69, 9.17) is 4.74 Å². The zero-order valence-corrected chi connectivity index (χ0v) is 15.0. The van der Waals surface area contributed by atoms with Crippen LogP contribution in [-0.2, 0) is 30.7 Å². The summed E-state index contributed by atoms with van der Waals surface area (Å²) in [5.41, 5.74) is 5.12. The molecule has 0 heterocycles. The molecule has 0 saturated heterocycles. The van der Waals surface area contributed by atoms with Crippen molar-refractivity contribution in [2.24, 2.45) is 0 Å². The molecule has 0 saturated carbocycles. The number of hydrogen-bond acceptors (Lipinski definition) is 3. The van der Waals surface area contributed by atoms with Crippen molar-refractivity contribution in [2.45, 2.75) is 32.4 Å². The van der Waals surface area contributed by atoms with Crippen molar-refractivity contribution >= 4 is 5.91 Å². The van der Waals surface area contributed by atoms with E-state index in [0.29, 0.717) is 6.54 Å². The van der Waals surface area contributed by atoms with Crippen molar-refractivity contribution in [3.8, 4) is 5.75 Å². The summed E-state index contributed by atoms with van der Waals surface area (Å²) in [5, 5.41) is 2.91. The second-order valence-electron chi connectivity index (χ2n) is 6.90. The molecule has 132 valence electrons. The molecule has 0 aliphatic heterocycles. The van der Waals surface area contributed by atoms with Gasteiger partial charge in [-0.25, -0.2) is 0 Å². The number of benzene rings is 2. The van der Waals surface area contributed by atoms with E-state index >= 15 is 0 Å². The minimum atomic E-state index is -0.0992. The van der Waals surface area contributed by atoms with Gasteiger partial charge in [0.25, 0.3) is 5.91 Å². The highest BCUT2D eigenvalue weighted by atomic mass is 16.5. The summed E-state index contributed by atoms with van der Waals surface area (Å²) in [4.78, 5) is 14.1. The molecule has 0 aromatic heterocycles. The monoisotopic (exact) mass is 338 g/mol. The zero-order chi connectivity index (χ0) is 17.6. The molecule has 0 bridgehead atoms. The first-order valence-electron chi connectivity index (χ1n) is 8.84. The van der Waals surface area contributed by atoms with Crippen LogP contribution in [0.1, 0.15) is 28.7 Å². The Kier molecular flexibility index (Phi) is 5.71. The maximum Gasteiger partial charge on any atom is 0.258 e. The van der Waals surface area contributed by atoms with Crippen LogP contribution >= 0.6 is 0 Å². The molecule has 1 amide bonds. The highest BCUT2D eigenvalue weighted by molar-refractivity contribution is 5.77. The standard InChI is InChI=1S/C21H26N2O2/c1-23(2)14-17-8-6-16(7-9-17)13-22-21(24)15-25-20-11-10-18-4-3-5-19(18)12-20/h6-12H,3-5,13-15H2,1-2H3,(H,22,24). The summed E-state index contributed by atoms with van der Waals surface area (Å²) in [6, 6.07) is 14.5. The first kappa shape index (κ1) is 17.5. The molecular weight excluding hydrogens is 312 g/mol. The smallest absolute Gasteiger partial charge is 0.258 e. The van der Waals surface area contributed by atoms with Gasteiger partial charge in [0.05, 0.1) is 0 Å². The molecule has 4 heteroatoms. The number of hydrogen-bond donors (Lipinski definition) is 1. The fraction of sp³-hybridized carbons (Fsp3) is 0.381. The maximum absolute atomic E-state index is 12.0. The quantitative estimate of drug-likeness (QED) is 0.844. The van der Waals surface area contributed by atoms with Gasteiger partial charge in [0, 0.05) is 13.1 Å². The Labute approximate surface area is 149 Å². The highest BCUT2D eigenvalue weighted by Crippen LogP contribution is 2.25. The number of ether oxygens (including phenoxy) is 1.